The summed E-state index contributed by atoms with van der Waals surface area (Å²) in [5.74, 6) is -6.39. The van der Waals surface area contributed by atoms with Crippen molar-refractivity contribution in [3.8, 4) is 0 Å². The Bertz CT molecular complexity index is 418. The maximum atomic E-state index is 12.3. The maximum absolute atomic E-state index is 12.3. The number of ether oxygens (including phenoxy) is 1. The first-order valence-corrected chi connectivity index (χ1v) is 6.62. The Hall–Kier alpha value is -1.63. The summed E-state index contributed by atoms with van der Waals surface area (Å²) in [7, 11) is 0. The van der Waals surface area contributed by atoms with E-state index in [0.29, 0.717) is 0 Å². The normalized spacial score (nSPS) is 16.7. The van der Waals surface area contributed by atoms with Crippen molar-refractivity contribution in [2.75, 3.05) is 0 Å². The molecule has 21 heavy (non-hydrogen) atoms. The van der Waals surface area contributed by atoms with Crippen molar-refractivity contribution in [1.82, 2.24) is 0 Å². The molecule has 0 aliphatic heterocycles. The highest BCUT2D eigenvalue weighted by atomic mass is 16.6. The van der Waals surface area contributed by atoms with Crippen LogP contribution >= 0.6 is 0 Å². The second-order valence-corrected chi connectivity index (χ2v) is 7.11. The van der Waals surface area contributed by atoms with Gasteiger partial charge in [-0.15, -0.1) is 0 Å². The average molecular weight is 303 g/mol. The molecule has 7 nitrogen and oxygen atoms in total. The number of esters is 1. The molecule has 0 radical (unpaired) electrons. The minimum absolute atomic E-state index is 0.861. The largest absolute Gasteiger partial charge is 0.481 e. The third-order valence-corrected chi connectivity index (χ3v) is 2.91. The van der Waals surface area contributed by atoms with Crippen LogP contribution in [0.25, 0.3) is 0 Å². The second-order valence-electron chi connectivity index (χ2n) is 7.11. The Labute approximate surface area is 124 Å². The van der Waals surface area contributed by atoms with Crippen molar-refractivity contribution >= 4 is 17.9 Å². The lowest BCUT2D eigenvalue weighted by Gasteiger charge is -2.35. The van der Waals surface area contributed by atoms with Gasteiger partial charge >= 0.3 is 17.9 Å². The maximum Gasteiger partial charge on any atom is 0.321 e. The molecule has 0 aromatic rings. The molecule has 0 aliphatic rings. The minimum atomic E-state index is -1.65. The van der Waals surface area contributed by atoms with Gasteiger partial charge < -0.3 is 20.7 Å². The molecular formula is C14H25NO6. The Morgan fingerprint density at radius 3 is 1.62 bits per heavy atom. The van der Waals surface area contributed by atoms with E-state index in [1.165, 1.54) is 0 Å². The number of nitrogens with two attached hydrogens (primary N) is 1. The van der Waals surface area contributed by atoms with Gasteiger partial charge in [-0.25, -0.2) is 0 Å². The number of hydrogen-bond donors (Lipinski definition) is 3. The predicted octanol–water partition coefficient (Wildman–Crippen LogP) is 1.10. The summed E-state index contributed by atoms with van der Waals surface area (Å²) in [5, 5.41) is 18.5. The number of rotatable bonds is 5. The van der Waals surface area contributed by atoms with Crippen LogP contribution in [0.4, 0.5) is 0 Å². The average Bonchev–Trinajstić information content (AvgIpc) is 2.19. The molecular weight excluding hydrogens is 278 g/mol. The van der Waals surface area contributed by atoms with Gasteiger partial charge in [0, 0.05) is 0 Å². The molecule has 0 saturated heterocycles. The summed E-state index contributed by atoms with van der Waals surface area (Å²) in [6.45, 7) is 9.66. The molecule has 0 rings (SSSR count). The SMILES string of the molecule is CC(C)(C)OC(=O)C(C(C(=O)O)C(C)(C)C)[C@@H](N)C(=O)O. The summed E-state index contributed by atoms with van der Waals surface area (Å²) in [6.07, 6.45) is 0. The van der Waals surface area contributed by atoms with Crippen molar-refractivity contribution in [2.24, 2.45) is 23.0 Å². The molecule has 7 heteroatoms. The molecule has 0 fully saturated rings. The van der Waals surface area contributed by atoms with Gasteiger partial charge in [-0.3, -0.25) is 14.4 Å². The summed E-state index contributed by atoms with van der Waals surface area (Å²) in [6, 6.07) is -1.65. The van der Waals surface area contributed by atoms with Crippen LogP contribution in [0.2, 0.25) is 0 Å². The molecule has 2 unspecified atom stereocenters. The van der Waals surface area contributed by atoms with Gasteiger partial charge in [-0.2, -0.15) is 0 Å². The van der Waals surface area contributed by atoms with Crippen LogP contribution in [-0.4, -0.2) is 39.8 Å². The first kappa shape index (κ1) is 19.4. The molecule has 0 heterocycles. The smallest absolute Gasteiger partial charge is 0.321 e. The standard InChI is InChI=1S/C14H25NO6/c1-13(2,3)8(10(16)17)7(9(15)11(18)19)12(20)21-14(4,5)6/h7-9H,15H2,1-6H3,(H,16,17)(H,18,19)/t7?,8?,9-/m1/s1. The summed E-state index contributed by atoms with van der Waals surface area (Å²) < 4.78 is 5.15. The summed E-state index contributed by atoms with van der Waals surface area (Å²) >= 11 is 0. The van der Waals surface area contributed by atoms with Gasteiger partial charge in [0.15, 0.2) is 0 Å². The Balaban J connectivity index is 5.76. The molecule has 0 aromatic heterocycles. The van der Waals surface area contributed by atoms with Gasteiger partial charge in [0.1, 0.15) is 11.6 Å². The summed E-state index contributed by atoms with van der Waals surface area (Å²) in [4.78, 5) is 34.9. The van der Waals surface area contributed by atoms with Crippen LogP contribution in [0.5, 0.6) is 0 Å². The van der Waals surface area contributed by atoms with Crippen molar-refractivity contribution in [2.45, 2.75) is 53.2 Å². The van der Waals surface area contributed by atoms with Crippen molar-refractivity contribution in [1.29, 1.82) is 0 Å². The lowest BCUT2D eigenvalue weighted by molar-refractivity contribution is -0.173. The summed E-state index contributed by atoms with van der Waals surface area (Å²) in [5.41, 5.74) is 3.82. The Kier molecular flexibility index (Phi) is 5.93. The number of carbonyl (C=O) groups excluding carboxylic acids is 1. The van der Waals surface area contributed by atoms with Gasteiger partial charge in [0.25, 0.3) is 0 Å². The molecule has 122 valence electrons. The fraction of sp³-hybridized carbons (Fsp3) is 0.786. The van der Waals surface area contributed by atoms with Crippen molar-refractivity contribution in [3.05, 3.63) is 0 Å². The van der Waals surface area contributed by atoms with Gasteiger partial charge in [-0.05, 0) is 26.2 Å². The Morgan fingerprint density at radius 2 is 1.38 bits per heavy atom. The monoisotopic (exact) mass is 303 g/mol. The highest BCUT2D eigenvalue weighted by Gasteiger charge is 2.48. The lowest BCUT2D eigenvalue weighted by Crippen LogP contribution is -2.52. The highest BCUT2D eigenvalue weighted by Crippen LogP contribution is 2.35. The molecule has 0 bridgehead atoms. The zero-order valence-corrected chi connectivity index (χ0v) is 13.3. The Morgan fingerprint density at radius 1 is 0.952 bits per heavy atom. The van der Waals surface area contributed by atoms with Crippen LogP contribution in [-0.2, 0) is 19.1 Å². The molecule has 3 atom stereocenters. The quantitative estimate of drug-likeness (QED) is 0.649. The second kappa shape index (κ2) is 6.43. The molecule has 0 spiro atoms. The van der Waals surface area contributed by atoms with E-state index in [9.17, 15) is 19.5 Å². The van der Waals surface area contributed by atoms with E-state index in [-0.39, 0.29) is 0 Å². The van der Waals surface area contributed by atoms with E-state index in [1.807, 2.05) is 0 Å². The van der Waals surface area contributed by atoms with Gasteiger partial charge in [-0.1, -0.05) is 20.8 Å². The number of carbonyl (C=O) groups is 3. The van der Waals surface area contributed by atoms with Gasteiger partial charge in [0.2, 0.25) is 0 Å². The molecule has 0 amide bonds. The van der Waals surface area contributed by atoms with Crippen LogP contribution in [0.3, 0.4) is 0 Å². The van der Waals surface area contributed by atoms with E-state index in [4.69, 9.17) is 15.6 Å². The third-order valence-electron chi connectivity index (χ3n) is 2.91. The van der Waals surface area contributed by atoms with Crippen LogP contribution in [0.1, 0.15) is 41.5 Å². The lowest BCUT2D eigenvalue weighted by atomic mass is 9.70. The number of aliphatic carboxylic acids is 2. The van der Waals surface area contributed by atoms with E-state index >= 15 is 0 Å². The van der Waals surface area contributed by atoms with Crippen molar-refractivity contribution < 1.29 is 29.3 Å². The van der Waals surface area contributed by atoms with E-state index < -0.39 is 46.8 Å². The first-order valence-electron chi connectivity index (χ1n) is 6.62. The molecule has 0 aromatic carbocycles. The molecule has 0 saturated carbocycles. The van der Waals surface area contributed by atoms with E-state index in [1.54, 1.807) is 41.5 Å². The predicted molar refractivity (Wildman–Crippen MR) is 75.5 cm³/mol. The zero-order valence-electron chi connectivity index (χ0n) is 13.3. The topological polar surface area (TPSA) is 127 Å². The number of hydrogen-bond acceptors (Lipinski definition) is 5. The third kappa shape index (κ3) is 5.71. The number of carboxylic acids is 2. The van der Waals surface area contributed by atoms with E-state index in [2.05, 4.69) is 0 Å². The molecule has 0 aliphatic carbocycles. The minimum Gasteiger partial charge on any atom is -0.481 e. The fourth-order valence-electron chi connectivity index (χ4n) is 2.08. The highest BCUT2D eigenvalue weighted by molar-refractivity contribution is 5.88. The number of carboxylic acid groups (broad SMARTS) is 2. The molecule has 4 N–H and O–H groups in total. The van der Waals surface area contributed by atoms with Crippen LogP contribution in [0.15, 0.2) is 0 Å². The van der Waals surface area contributed by atoms with Crippen LogP contribution < -0.4 is 5.73 Å². The van der Waals surface area contributed by atoms with Crippen LogP contribution in [0, 0.1) is 17.3 Å². The van der Waals surface area contributed by atoms with Gasteiger partial charge in [0.05, 0.1) is 11.8 Å². The fourth-order valence-corrected chi connectivity index (χ4v) is 2.08. The zero-order chi connectivity index (χ0) is 17.2. The van der Waals surface area contributed by atoms with Crippen molar-refractivity contribution in [3.63, 3.8) is 0 Å². The first-order chi connectivity index (χ1) is 9.18. The van der Waals surface area contributed by atoms with E-state index in [0.717, 1.165) is 0 Å².